The Morgan fingerprint density at radius 1 is 1.46 bits per heavy atom. The summed E-state index contributed by atoms with van der Waals surface area (Å²) in [7, 11) is 0. The minimum atomic E-state index is -1.03. The molecule has 0 fully saturated rings. The van der Waals surface area contributed by atoms with E-state index in [0.717, 1.165) is 0 Å². The standard InChI is InChI=1S/C6H13N3O3.CH4/c7-4(5(10)11)2-1-3-9-6(8)12;/h4H,1-3,7H2,(H,10,11)(H3,8,9,12);1H4. The number of carbonyl (C=O) groups excluding carboxylic acids is 1. The smallest absolute Gasteiger partial charge is 0.320 e. The molecule has 2 amide bonds. The molecule has 0 aliphatic rings. The predicted molar refractivity (Wildman–Crippen MR) is 49.2 cm³/mol. The highest BCUT2D eigenvalue weighted by Gasteiger charge is 2.09. The van der Waals surface area contributed by atoms with Crippen molar-refractivity contribution in [3.8, 4) is 0 Å². The lowest BCUT2D eigenvalue weighted by Gasteiger charge is -2.05. The topological polar surface area (TPSA) is 118 Å². The maximum atomic E-state index is 10.2. The molecule has 0 aliphatic heterocycles. The van der Waals surface area contributed by atoms with Gasteiger partial charge in [0.15, 0.2) is 0 Å². The summed E-state index contributed by atoms with van der Waals surface area (Å²) in [5, 5.41) is 10.7. The van der Waals surface area contributed by atoms with Crippen molar-refractivity contribution in [2.75, 3.05) is 6.54 Å². The Morgan fingerprint density at radius 2 is 2.00 bits per heavy atom. The number of urea groups is 1. The van der Waals surface area contributed by atoms with Gasteiger partial charge in [-0.05, 0) is 12.8 Å². The second-order valence-electron chi connectivity index (χ2n) is 2.38. The molecule has 13 heavy (non-hydrogen) atoms. The molecule has 78 valence electrons. The molecular formula is C7H17N3O3. The molecule has 0 radical (unpaired) electrons. The van der Waals surface area contributed by atoms with Crippen molar-refractivity contribution >= 4 is 12.0 Å². The minimum Gasteiger partial charge on any atom is -0.480 e. The van der Waals surface area contributed by atoms with Gasteiger partial charge in [-0.25, -0.2) is 4.79 Å². The van der Waals surface area contributed by atoms with E-state index in [0.29, 0.717) is 19.4 Å². The molecule has 0 rings (SSSR count). The molecule has 0 spiro atoms. The summed E-state index contributed by atoms with van der Waals surface area (Å²) in [6, 6.07) is -1.47. The Hall–Kier alpha value is -1.30. The average Bonchev–Trinajstić information content (AvgIpc) is 1.97. The molecule has 0 aromatic carbocycles. The summed E-state index contributed by atoms with van der Waals surface area (Å²) < 4.78 is 0. The third kappa shape index (κ3) is 8.61. The second-order valence-corrected chi connectivity index (χ2v) is 2.38. The molecule has 1 atom stereocenters. The molecule has 0 aromatic rings. The van der Waals surface area contributed by atoms with Gasteiger partial charge in [-0.1, -0.05) is 7.43 Å². The van der Waals surface area contributed by atoms with Crippen molar-refractivity contribution in [3.63, 3.8) is 0 Å². The van der Waals surface area contributed by atoms with Crippen LogP contribution in [0, 0.1) is 0 Å². The fraction of sp³-hybridized carbons (Fsp3) is 0.714. The summed E-state index contributed by atoms with van der Waals surface area (Å²) in [6.45, 7) is 0.357. The molecule has 0 aliphatic carbocycles. The van der Waals surface area contributed by atoms with Crippen LogP contribution >= 0.6 is 0 Å². The lowest BCUT2D eigenvalue weighted by molar-refractivity contribution is -0.138. The SMILES string of the molecule is C.NC(=O)NCCCC(N)C(=O)O. The van der Waals surface area contributed by atoms with Crippen LogP contribution in [0.3, 0.4) is 0 Å². The number of primary amides is 1. The number of hydrogen-bond acceptors (Lipinski definition) is 3. The normalized spacial score (nSPS) is 11.2. The van der Waals surface area contributed by atoms with Crippen LogP contribution in [0.1, 0.15) is 20.3 Å². The zero-order valence-corrected chi connectivity index (χ0v) is 6.62. The highest BCUT2D eigenvalue weighted by Crippen LogP contribution is 1.92. The van der Waals surface area contributed by atoms with Crippen LogP contribution in [0.25, 0.3) is 0 Å². The monoisotopic (exact) mass is 191 g/mol. The van der Waals surface area contributed by atoms with E-state index < -0.39 is 18.0 Å². The van der Waals surface area contributed by atoms with Crippen molar-refractivity contribution in [1.29, 1.82) is 0 Å². The summed E-state index contributed by atoms with van der Waals surface area (Å²) in [4.78, 5) is 20.3. The summed E-state index contributed by atoms with van der Waals surface area (Å²) in [5.74, 6) is -1.03. The maximum absolute atomic E-state index is 10.2. The number of rotatable bonds is 5. The first-order chi connectivity index (χ1) is 5.54. The van der Waals surface area contributed by atoms with Gasteiger partial charge in [0.2, 0.25) is 0 Å². The molecule has 0 saturated heterocycles. The molecule has 0 aromatic heterocycles. The van der Waals surface area contributed by atoms with E-state index in [2.05, 4.69) is 5.32 Å². The first-order valence-electron chi connectivity index (χ1n) is 3.55. The van der Waals surface area contributed by atoms with Gasteiger partial charge in [-0.2, -0.15) is 0 Å². The van der Waals surface area contributed by atoms with E-state index in [1.165, 1.54) is 0 Å². The number of hydrogen-bond donors (Lipinski definition) is 4. The fourth-order valence-corrected chi connectivity index (χ4v) is 0.657. The van der Waals surface area contributed by atoms with E-state index in [1.54, 1.807) is 0 Å². The summed E-state index contributed by atoms with van der Waals surface area (Å²) >= 11 is 0. The van der Waals surface area contributed by atoms with Gasteiger partial charge in [0, 0.05) is 6.54 Å². The predicted octanol–water partition coefficient (Wildman–Crippen LogP) is -0.517. The number of aliphatic carboxylic acids is 1. The number of carbonyl (C=O) groups is 2. The fourth-order valence-electron chi connectivity index (χ4n) is 0.657. The minimum absolute atomic E-state index is 0. The van der Waals surface area contributed by atoms with Crippen LogP contribution in [-0.2, 0) is 4.79 Å². The van der Waals surface area contributed by atoms with Crippen LogP contribution in [0.4, 0.5) is 4.79 Å². The van der Waals surface area contributed by atoms with Crippen molar-refractivity contribution < 1.29 is 14.7 Å². The highest BCUT2D eigenvalue weighted by molar-refractivity contribution is 5.73. The van der Waals surface area contributed by atoms with E-state index in [-0.39, 0.29) is 7.43 Å². The Bertz CT molecular complexity index is 172. The average molecular weight is 191 g/mol. The van der Waals surface area contributed by atoms with E-state index in [1.807, 2.05) is 0 Å². The van der Waals surface area contributed by atoms with Crippen LogP contribution in [0.5, 0.6) is 0 Å². The van der Waals surface area contributed by atoms with Crippen LogP contribution in [0.2, 0.25) is 0 Å². The van der Waals surface area contributed by atoms with Gasteiger partial charge in [0.05, 0.1) is 0 Å². The van der Waals surface area contributed by atoms with Gasteiger partial charge in [-0.3, -0.25) is 4.79 Å². The molecular weight excluding hydrogens is 174 g/mol. The summed E-state index contributed by atoms with van der Waals surface area (Å²) in [5.41, 5.74) is 9.96. The third-order valence-corrected chi connectivity index (χ3v) is 1.31. The van der Waals surface area contributed by atoms with Crippen molar-refractivity contribution in [2.45, 2.75) is 26.3 Å². The molecule has 6 N–H and O–H groups in total. The van der Waals surface area contributed by atoms with E-state index in [9.17, 15) is 9.59 Å². The Kier molecular flexibility index (Phi) is 8.05. The molecule has 1 unspecified atom stereocenters. The van der Waals surface area contributed by atoms with Crippen molar-refractivity contribution in [1.82, 2.24) is 5.32 Å². The van der Waals surface area contributed by atoms with Crippen molar-refractivity contribution in [2.24, 2.45) is 11.5 Å². The van der Waals surface area contributed by atoms with Gasteiger partial charge >= 0.3 is 12.0 Å². The number of amides is 2. The zero-order chi connectivity index (χ0) is 9.56. The van der Waals surface area contributed by atoms with Crippen molar-refractivity contribution in [3.05, 3.63) is 0 Å². The zero-order valence-electron chi connectivity index (χ0n) is 6.62. The van der Waals surface area contributed by atoms with Gasteiger partial charge in [0.1, 0.15) is 6.04 Å². The lowest BCUT2D eigenvalue weighted by atomic mass is 10.2. The van der Waals surface area contributed by atoms with E-state index >= 15 is 0 Å². The van der Waals surface area contributed by atoms with Crippen LogP contribution in [0.15, 0.2) is 0 Å². The molecule has 6 nitrogen and oxygen atoms in total. The molecule has 6 heteroatoms. The van der Waals surface area contributed by atoms with Gasteiger partial charge in [-0.15, -0.1) is 0 Å². The lowest BCUT2D eigenvalue weighted by Crippen LogP contribution is -2.33. The number of nitrogens with one attached hydrogen (secondary N) is 1. The Morgan fingerprint density at radius 3 is 2.38 bits per heavy atom. The maximum Gasteiger partial charge on any atom is 0.320 e. The largest absolute Gasteiger partial charge is 0.480 e. The van der Waals surface area contributed by atoms with E-state index in [4.69, 9.17) is 16.6 Å². The number of nitrogens with two attached hydrogens (primary N) is 2. The third-order valence-electron chi connectivity index (χ3n) is 1.31. The quantitative estimate of drug-likeness (QED) is 0.437. The molecule has 0 heterocycles. The van der Waals surface area contributed by atoms with Gasteiger partial charge < -0.3 is 21.9 Å². The second kappa shape index (κ2) is 7.35. The molecule has 0 bridgehead atoms. The Balaban J connectivity index is 0. The van der Waals surface area contributed by atoms with Gasteiger partial charge in [0.25, 0.3) is 0 Å². The van der Waals surface area contributed by atoms with Crippen LogP contribution in [-0.4, -0.2) is 29.7 Å². The summed E-state index contributed by atoms with van der Waals surface area (Å²) in [6.07, 6.45) is 0.839. The number of carboxylic acid groups (broad SMARTS) is 1. The molecule has 0 saturated carbocycles. The number of carboxylic acids is 1. The first kappa shape index (κ1) is 14.2. The first-order valence-corrected chi connectivity index (χ1v) is 3.55. The van der Waals surface area contributed by atoms with Crippen LogP contribution < -0.4 is 16.8 Å². The highest BCUT2D eigenvalue weighted by atomic mass is 16.4. The Labute approximate surface area is 77.3 Å².